The van der Waals surface area contributed by atoms with Crippen LogP contribution in [0.1, 0.15) is 12.8 Å². The van der Waals surface area contributed by atoms with Gasteiger partial charge in [0.15, 0.2) is 0 Å². The molecule has 4 unspecified atom stereocenters. The molecule has 0 spiro atoms. The third-order valence-electron chi connectivity index (χ3n) is 5.48. The van der Waals surface area contributed by atoms with Gasteiger partial charge in [0.1, 0.15) is 0 Å². The summed E-state index contributed by atoms with van der Waals surface area (Å²) in [6.07, 6.45) is 7.66. The van der Waals surface area contributed by atoms with Crippen molar-refractivity contribution in [2.45, 2.75) is 23.8 Å². The lowest BCUT2D eigenvalue weighted by atomic mass is 9.75. The summed E-state index contributed by atoms with van der Waals surface area (Å²) in [5, 5.41) is 0. The molecule has 25 heavy (non-hydrogen) atoms. The van der Waals surface area contributed by atoms with E-state index in [1.807, 2.05) is 6.07 Å². The van der Waals surface area contributed by atoms with Crippen LogP contribution in [0.4, 0.5) is 0 Å². The lowest BCUT2D eigenvalue weighted by molar-refractivity contribution is -0.00623. The van der Waals surface area contributed by atoms with Crippen LogP contribution in [0.15, 0.2) is 35.2 Å². The number of rotatable bonds is 7. The maximum absolute atomic E-state index is 12.4. The lowest BCUT2D eigenvalue weighted by Crippen LogP contribution is -2.58. The molecule has 5 nitrogen and oxygen atoms in total. The number of benzene rings is 1. The number of terminal acetylenes is 1. The average molecular weight is 362 g/mol. The van der Waals surface area contributed by atoms with Gasteiger partial charge in [0.25, 0.3) is 0 Å². The average Bonchev–Trinajstić information content (AvgIpc) is 2.62. The van der Waals surface area contributed by atoms with Crippen molar-refractivity contribution in [2.24, 2.45) is 11.8 Å². The summed E-state index contributed by atoms with van der Waals surface area (Å²) in [4.78, 5) is 4.99. The van der Waals surface area contributed by atoms with Crippen molar-refractivity contribution < 1.29 is 8.42 Å². The van der Waals surface area contributed by atoms with Crippen molar-refractivity contribution in [2.75, 3.05) is 39.8 Å². The van der Waals surface area contributed by atoms with E-state index in [2.05, 4.69) is 27.5 Å². The molecule has 4 atom stereocenters. The zero-order chi connectivity index (χ0) is 17.9. The predicted octanol–water partition coefficient (Wildman–Crippen LogP) is 1.24. The van der Waals surface area contributed by atoms with Gasteiger partial charge in [0.05, 0.1) is 11.4 Å². The Kier molecular flexibility index (Phi) is 5.80. The van der Waals surface area contributed by atoms with Gasteiger partial charge in [-0.05, 0) is 50.4 Å². The molecule has 3 saturated heterocycles. The van der Waals surface area contributed by atoms with Crippen LogP contribution < -0.4 is 4.72 Å². The molecule has 3 fully saturated rings. The molecule has 0 aliphatic carbocycles. The third kappa shape index (κ3) is 4.42. The fraction of sp³-hybridized carbons (Fsp3) is 0.579. The molecule has 136 valence electrons. The van der Waals surface area contributed by atoms with E-state index in [4.69, 9.17) is 6.42 Å². The van der Waals surface area contributed by atoms with Gasteiger partial charge in [-0.15, -0.1) is 6.42 Å². The monoisotopic (exact) mass is 361 g/mol. The molecule has 1 aromatic rings. The van der Waals surface area contributed by atoms with Crippen molar-refractivity contribution in [1.29, 1.82) is 0 Å². The van der Waals surface area contributed by atoms with E-state index in [1.165, 1.54) is 6.42 Å². The summed E-state index contributed by atoms with van der Waals surface area (Å²) in [6.45, 7) is 4.30. The smallest absolute Gasteiger partial charge is 0.240 e. The number of hydrogen-bond donors (Lipinski definition) is 1. The molecule has 0 amide bonds. The molecule has 3 aliphatic rings. The Balaban J connectivity index is 1.55. The molecule has 0 aromatic heterocycles. The van der Waals surface area contributed by atoms with Crippen molar-refractivity contribution in [3.8, 4) is 12.3 Å². The first-order valence-electron chi connectivity index (χ1n) is 8.90. The normalized spacial score (nSPS) is 28.8. The third-order valence-corrected chi connectivity index (χ3v) is 6.92. The summed E-state index contributed by atoms with van der Waals surface area (Å²) < 4.78 is 27.6. The molecule has 0 saturated carbocycles. The minimum atomic E-state index is -3.42. The molecular formula is C19H27N3O2S. The molecule has 3 heterocycles. The van der Waals surface area contributed by atoms with Crippen LogP contribution in [0, 0.1) is 24.2 Å². The SMILES string of the molecule is C#CCN(C)CC1CN2CCC1CC2CNS(=O)(=O)c1ccccc1. The maximum atomic E-state index is 12.4. The maximum Gasteiger partial charge on any atom is 0.240 e. The number of fused-ring (bicyclic) bond motifs is 3. The van der Waals surface area contributed by atoms with E-state index in [9.17, 15) is 8.42 Å². The number of piperidine rings is 3. The van der Waals surface area contributed by atoms with Crippen molar-refractivity contribution in [3.63, 3.8) is 0 Å². The van der Waals surface area contributed by atoms with E-state index in [-0.39, 0.29) is 0 Å². The summed E-state index contributed by atoms with van der Waals surface area (Å²) >= 11 is 0. The van der Waals surface area contributed by atoms with Crippen LogP contribution in [0.3, 0.4) is 0 Å². The zero-order valence-electron chi connectivity index (χ0n) is 14.8. The summed E-state index contributed by atoms with van der Waals surface area (Å²) in [5.74, 6) is 3.99. The highest BCUT2D eigenvalue weighted by Crippen LogP contribution is 2.36. The van der Waals surface area contributed by atoms with Crippen LogP contribution in [-0.4, -0.2) is 64.0 Å². The van der Waals surface area contributed by atoms with Gasteiger partial charge in [-0.3, -0.25) is 9.80 Å². The number of nitrogens with zero attached hydrogens (tertiary/aromatic N) is 2. The van der Waals surface area contributed by atoms with Crippen LogP contribution >= 0.6 is 0 Å². The van der Waals surface area contributed by atoms with Crippen molar-refractivity contribution >= 4 is 10.0 Å². The fourth-order valence-electron chi connectivity index (χ4n) is 4.18. The van der Waals surface area contributed by atoms with Crippen LogP contribution in [-0.2, 0) is 10.0 Å². The Bertz CT molecular complexity index is 714. The predicted molar refractivity (Wildman–Crippen MR) is 99.5 cm³/mol. The number of hydrogen-bond acceptors (Lipinski definition) is 4. The van der Waals surface area contributed by atoms with Gasteiger partial charge < -0.3 is 0 Å². The van der Waals surface area contributed by atoms with Gasteiger partial charge in [-0.25, -0.2) is 13.1 Å². The summed E-state index contributed by atoms with van der Waals surface area (Å²) in [5.41, 5.74) is 0. The Labute approximate surface area is 151 Å². The Morgan fingerprint density at radius 3 is 2.76 bits per heavy atom. The highest BCUT2D eigenvalue weighted by Gasteiger charge is 2.40. The van der Waals surface area contributed by atoms with Gasteiger partial charge in [-0.1, -0.05) is 24.1 Å². The second-order valence-electron chi connectivity index (χ2n) is 7.26. The van der Waals surface area contributed by atoms with Gasteiger partial charge in [0.2, 0.25) is 10.0 Å². The Morgan fingerprint density at radius 1 is 1.36 bits per heavy atom. The number of nitrogens with one attached hydrogen (secondary N) is 1. The molecule has 0 radical (unpaired) electrons. The number of sulfonamides is 1. The van der Waals surface area contributed by atoms with Crippen molar-refractivity contribution in [1.82, 2.24) is 14.5 Å². The van der Waals surface area contributed by atoms with E-state index in [1.54, 1.807) is 24.3 Å². The zero-order valence-corrected chi connectivity index (χ0v) is 15.6. The summed E-state index contributed by atoms with van der Waals surface area (Å²) in [7, 11) is -1.35. The van der Waals surface area contributed by atoms with Crippen LogP contribution in [0.2, 0.25) is 0 Å². The molecule has 4 rings (SSSR count). The standard InChI is InChI=1S/C19H27N3O2S/c1-3-10-21(2)14-17-15-22-11-9-16(17)12-18(22)13-20-25(23,24)19-7-5-4-6-8-19/h1,4-8,16-18,20H,9-15H2,2H3. The first-order chi connectivity index (χ1) is 12.0. The van der Waals surface area contributed by atoms with Gasteiger partial charge in [0, 0.05) is 25.7 Å². The second-order valence-corrected chi connectivity index (χ2v) is 9.03. The highest BCUT2D eigenvalue weighted by atomic mass is 32.2. The first kappa shape index (κ1) is 18.4. The molecule has 3 aliphatic heterocycles. The quantitative estimate of drug-likeness (QED) is 0.743. The Hall–Kier alpha value is -1.39. The van der Waals surface area contributed by atoms with E-state index in [0.717, 1.165) is 26.1 Å². The highest BCUT2D eigenvalue weighted by molar-refractivity contribution is 7.89. The lowest BCUT2D eigenvalue weighted by Gasteiger charge is -2.50. The molecular weight excluding hydrogens is 334 g/mol. The second kappa shape index (κ2) is 7.88. The van der Waals surface area contributed by atoms with E-state index in [0.29, 0.717) is 35.9 Å². The topological polar surface area (TPSA) is 52.6 Å². The first-order valence-corrected chi connectivity index (χ1v) is 10.4. The van der Waals surface area contributed by atoms with Gasteiger partial charge in [-0.2, -0.15) is 0 Å². The van der Waals surface area contributed by atoms with Crippen LogP contribution in [0.25, 0.3) is 0 Å². The molecule has 6 heteroatoms. The van der Waals surface area contributed by atoms with Gasteiger partial charge >= 0.3 is 0 Å². The largest absolute Gasteiger partial charge is 0.299 e. The van der Waals surface area contributed by atoms with Crippen molar-refractivity contribution in [3.05, 3.63) is 30.3 Å². The van der Waals surface area contributed by atoms with E-state index >= 15 is 0 Å². The van der Waals surface area contributed by atoms with E-state index < -0.39 is 10.0 Å². The Morgan fingerprint density at radius 2 is 2.12 bits per heavy atom. The minimum absolute atomic E-state index is 0.298. The fourth-order valence-corrected chi connectivity index (χ4v) is 5.27. The van der Waals surface area contributed by atoms with Crippen LogP contribution in [0.5, 0.6) is 0 Å². The summed E-state index contributed by atoms with van der Waals surface area (Å²) in [6, 6.07) is 8.88. The molecule has 1 aromatic carbocycles. The minimum Gasteiger partial charge on any atom is -0.299 e. The molecule has 1 N–H and O–H groups in total. The molecule has 2 bridgehead atoms.